The lowest BCUT2D eigenvalue weighted by atomic mass is 10.1. The van der Waals surface area contributed by atoms with Crippen LogP contribution in [0.15, 0.2) is 60.9 Å². The van der Waals surface area contributed by atoms with Crippen LogP contribution in [-0.4, -0.2) is 50.3 Å². The Bertz CT molecular complexity index is 1290. The molecule has 0 spiro atoms. The molecule has 0 aliphatic heterocycles. The molecule has 8 heteroatoms. The van der Waals surface area contributed by atoms with Gasteiger partial charge in [-0.05, 0) is 42.3 Å². The number of methoxy groups -OCH3 is 4. The van der Waals surface area contributed by atoms with Crippen LogP contribution in [0.2, 0.25) is 0 Å². The quantitative estimate of drug-likeness (QED) is 0.406. The molecule has 34 heavy (non-hydrogen) atoms. The van der Waals surface area contributed by atoms with E-state index in [1.54, 1.807) is 40.7 Å². The van der Waals surface area contributed by atoms with Crippen LogP contribution in [0.1, 0.15) is 15.9 Å². The zero-order chi connectivity index (χ0) is 24.1. The number of nitrogens with one attached hydrogen (secondary N) is 1. The van der Waals surface area contributed by atoms with Gasteiger partial charge < -0.3 is 28.7 Å². The number of ether oxygens (including phenoxy) is 4. The van der Waals surface area contributed by atoms with E-state index >= 15 is 0 Å². The number of benzene rings is 2. The van der Waals surface area contributed by atoms with E-state index in [4.69, 9.17) is 18.9 Å². The maximum Gasteiger partial charge on any atom is 0.252 e. The summed E-state index contributed by atoms with van der Waals surface area (Å²) in [4.78, 5) is 17.4. The van der Waals surface area contributed by atoms with Crippen LogP contribution in [-0.2, 0) is 6.42 Å². The maximum absolute atomic E-state index is 12.7. The first kappa shape index (κ1) is 23.0. The van der Waals surface area contributed by atoms with E-state index < -0.39 is 0 Å². The van der Waals surface area contributed by atoms with Gasteiger partial charge in [0.2, 0.25) is 0 Å². The molecule has 0 aliphatic rings. The predicted octanol–water partition coefficient (Wildman–Crippen LogP) is 4.01. The largest absolute Gasteiger partial charge is 0.497 e. The van der Waals surface area contributed by atoms with Gasteiger partial charge in [-0.25, -0.2) is 4.98 Å². The van der Waals surface area contributed by atoms with Gasteiger partial charge in [-0.1, -0.05) is 6.07 Å². The highest BCUT2D eigenvalue weighted by Gasteiger charge is 2.12. The third kappa shape index (κ3) is 4.91. The molecule has 0 fully saturated rings. The summed E-state index contributed by atoms with van der Waals surface area (Å²) in [7, 11) is 6.45. The zero-order valence-corrected chi connectivity index (χ0v) is 19.6. The number of carbonyl (C=O) groups excluding carboxylic acids is 1. The fourth-order valence-corrected chi connectivity index (χ4v) is 3.69. The summed E-state index contributed by atoms with van der Waals surface area (Å²) in [6.07, 6.45) is 4.28. The van der Waals surface area contributed by atoms with Gasteiger partial charge in [0.05, 0.1) is 39.7 Å². The van der Waals surface area contributed by atoms with Crippen molar-refractivity contribution in [3.05, 3.63) is 72.1 Å². The molecule has 2 heterocycles. The van der Waals surface area contributed by atoms with Gasteiger partial charge in [-0.15, -0.1) is 0 Å². The summed E-state index contributed by atoms with van der Waals surface area (Å²) in [5, 5.41) is 2.97. The van der Waals surface area contributed by atoms with Crippen molar-refractivity contribution in [1.82, 2.24) is 14.7 Å². The maximum atomic E-state index is 12.7. The van der Waals surface area contributed by atoms with Crippen molar-refractivity contribution in [3.8, 4) is 34.3 Å². The molecule has 4 aromatic rings. The third-order valence-electron chi connectivity index (χ3n) is 5.53. The van der Waals surface area contributed by atoms with Crippen LogP contribution >= 0.6 is 0 Å². The lowest BCUT2D eigenvalue weighted by Gasteiger charge is -2.11. The number of hydrogen-bond acceptors (Lipinski definition) is 6. The summed E-state index contributed by atoms with van der Waals surface area (Å²) in [6.45, 7) is 0.471. The number of fused-ring (bicyclic) bond motifs is 1. The highest BCUT2D eigenvalue weighted by molar-refractivity contribution is 5.94. The Balaban J connectivity index is 1.47. The van der Waals surface area contributed by atoms with Crippen molar-refractivity contribution >= 4 is 11.6 Å². The van der Waals surface area contributed by atoms with Crippen LogP contribution in [0.5, 0.6) is 23.0 Å². The summed E-state index contributed by atoms with van der Waals surface area (Å²) >= 11 is 0. The van der Waals surface area contributed by atoms with E-state index in [0.29, 0.717) is 30.0 Å². The lowest BCUT2D eigenvalue weighted by molar-refractivity contribution is 0.0953. The molecule has 8 nitrogen and oxygen atoms in total. The summed E-state index contributed by atoms with van der Waals surface area (Å²) < 4.78 is 23.2. The van der Waals surface area contributed by atoms with Crippen molar-refractivity contribution in [2.45, 2.75) is 6.42 Å². The molecule has 4 rings (SSSR count). The molecule has 176 valence electrons. The normalized spacial score (nSPS) is 10.7. The molecule has 0 saturated carbocycles. The van der Waals surface area contributed by atoms with E-state index in [1.165, 1.54) is 0 Å². The van der Waals surface area contributed by atoms with Crippen LogP contribution in [0.25, 0.3) is 16.9 Å². The van der Waals surface area contributed by atoms with E-state index in [0.717, 1.165) is 34.0 Å². The number of pyridine rings is 1. The minimum absolute atomic E-state index is 0.160. The molecule has 0 unspecified atom stereocenters. The second-order valence-electron chi connectivity index (χ2n) is 7.59. The molecule has 2 aromatic heterocycles. The molecular formula is C26H27N3O5. The Kier molecular flexibility index (Phi) is 6.87. The molecule has 0 aliphatic carbocycles. The van der Waals surface area contributed by atoms with E-state index in [1.807, 2.05) is 53.1 Å². The molecule has 1 amide bonds. The van der Waals surface area contributed by atoms with Gasteiger partial charge in [0.15, 0.2) is 0 Å². The molecule has 0 saturated heterocycles. The van der Waals surface area contributed by atoms with E-state index in [9.17, 15) is 4.79 Å². The Morgan fingerprint density at radius 1 is 0.853 bits per heavy atom. The van der Waals surface area contributed by atoms with Gasteiger partial charge in [-0.2, -0.15) is 0 Å². The smallest absolute Gasteiger partial charge is 0.252 e. The Hall–Kier alpha value is -4.20. The van der Waals surface area contributed by atoms with E-state index in [2.05, 4.69) is 10.3 Å². The van der Waals surface area contributed by atoms with Crippen molar-refractivity contribution in [2.75, 3.05) is 35.0 Å². The van der Waals surface area contributed by atoms with Gasteiger partial charge in [-0.3, -0.25) is 4.79 Å². The Morgan fingerprint density at radius 3 is 2.26 bits per heavy atom. The molecule has 0 atom stereocenters. The van der Waals surface area contributed by atoms with Crippen molar-refractivity contribution in [1.29, 1.82) is 0 Å². The SMILES string of the molecule is COc1cc(OC)cc(-c2cn3cc(C(=O)NCCc4ccc(OC)cc4OC)ccc3n2)c1. The fourth-order valence-electron chi connectivity index (χ4n) is 3.69. The van der Waals surface area contributed by atoms with Gasteiger partial charge in [0, 0.05) is 36.6 Å². The van der Waals surface area contributed by atoms with Gasteiger partial charge >= 0.3 is 0 Å². The van der Waals surface area contributed by atoms with Gasteiger partial charge in [0.25, 0.3) is 5.91 Å². The predicted molar refractivity (Wildman–Crippen MR) is 129 cm³/mol. The summed E-state index contributed by atoms with van der Waals surface area (Å²) in [5.41, 5.74) is 3.88. The highest BCUT2D eigenvalue weighted by atomic mass is 16.5. The number of imidazole rings is 1. The second kappa shape index (κ2) is 10.2. The molecule has 2 aromatic carbocycles. The fraction of sp³-hybridized carbons (Fsp3) is 0.231. The number of rotatable bonds is 9. The second-order valence-corrected chi connectivity index (χ2v) is 7.59. The van der Waals surface area contributed by atoms with E-state index in [-0.39, 0.29) is 5.91 Å². The monoisotopic (exact) mass is 461 g/mol. The van der Waals surface area contributed by atoms with Crippen molar-refractivity contribution in [2.24, 2.45) is 0 Å². The average molecular weight is 462 g/mol. The molecular weight excluding hydrogens is 434 g/mol. The topological polar surface area (TPSA) is 83.3 Å². The first-order valence-electron chi connectivity index (χ1n) is 10.8. The average Bonchev–Trinajstić information content (AvgIpc) is 3.32. The lowest BCUT2D eigenvalue weighted by Crippen LogP contribution is -2.26. The Morgan fingerprint density at radius 2 is 1.59 bits per heavy atom. The minimum atomic E-state index is -0.160. The van der Waals surface area contributed by atoms with Crippen molar-refractivity contribution in [3.63, 3.8) is 0 Å². The number of carbonyl (C=O) groups is 1. The zero-order valence-electron chi connectivity index (χ0n) is 19.6. The molecule has 0 bridgehead atoms. The number of nitrogens with zero attached hydrogens (tertiary/aromatic N) is 2. The Labute approximate surface area is 198 Å². The van der Waals surface area contributed by atoms with Gasteiger partial charge in [0.1, 0.15) is 28.6 Å². The molecule has 0 radical (unpaired) electrons. The van der Waals surface area contributed by atoms with Crippen LogP contribution in [0, 0.1) is 0 Å². The molecule has 1 N–H and O–H groups in total. The summed E-state index contributed by atoms with van der Waals surface area (Å²) in [6, 6.07) is 14.8. The van der Waals surface area contributed by atoms with Crippen LogP contribution in [0.3, 0.4) is 0 Å². The third-order valence-corrected chi connectivity index (χ3v) is 5.53. The van der Waals surface area contributed by atoms with Crippen LogP contribution in [0.4, 0.5) is 0 Å². The van der Waals surface area contributed by atoms with Crippen molar-refractivity contribution < 1.29 is 23.7 Å². The standard InChI is InChI=1S/C26H27N3O5/c1-31-20-7-5-17(24(14-20)34-4)9-10-27-26(30)18-6-8-25-28-23(16-29(25)15-18)19-11-21(32-2)13-22(12-19)33-3/h5-8,11-16H,9-10H2,1-4H3,(H,27,30). The number of hydrogen-bond donors (Lipinski definition) is 1. The van der Waals surface area contributed by atoms with Crippen LogP contribution < -0.4 is 24.3 Å². The number of aromatic nitrogens is 2. The minimum Gasteiger partial charge on any atom is -0.497 e. The summed E-state index contributed by atoms with van der Waals surface area (Å²) in [5.74, 6) is 2.66. The first-order chi connectivity index (χ1) is 16.5. The highest BCUT2D eigenvalue weighted by Crippen LogP contribution is 2.29. The number of amides is 1. The first-order valence-corrected chi connectivity index (χ1v) is 10.8.